The van der Waals surface area contributed by atoms with E-state index in [-0.39, 0.29) is 6.61 Å². The molecule has 1 unspecified atom stereocenters. The molecule has 0 radical (unpaired) electrons. The Morgan fingerprint density at radius 3 is 2.59 bits per heavy atom. The van der Waals surface area contributed by atoms with E-state index in [0.29, 0.717) is 12.3 Å². The Balaban J connectivity index is 1.43. The molecule has 0 amide bonds. The Labute approximate surface area is 167 Å². The highest BCUT2D eigenvalue weighted by Crippen LogP contribution is 2.26. The first-order valence-corrected chi connectivity index (χ1v) is 10.3. The molecule has 0 spiro atoms. The lowest BCUT2D eigenvalue weighted by molar-refractivity contribution is 0.126. The van der Waals surface area contributed by atoms with Crippen LogP contribution in [0.25, 0.3) is 11.1 Å². The molecular formula is C20H21N3O2S2. The van der Waals surface area contributed by atoms with Crippen molar-refractivity contribution in [3.63, 3.8) is 0 Å². The fourth-order valence-corrected chi connectivity index (χ4v) is 3.97. The van der Waals surface area contributed by atoms with E-state index in [4.69, 9.17) is 4.74 Å². The average Bonchev–Trinajstić information content (AvgIpc) is 3.18. The van der Waals surface area contributed by atoms with Crippen LogP contribution in [-0.4, -0.2) is 40.3 Å². The van der Waals surface area contributed by atoms with Crippen molar-refractivity contribution >= 4 is 28.2 Å². The van der Waals surface area contributed by atoms with Crippen LogP contribution >= 0.6 is 23.1 Å². The number of anilines is 1. The zero-order valence-corrected chi connectivity index (χ0v) is 16.4. The van der Waals surface area contributed by atoms with Gasteiger partial charge in [0.05, 0.1) is 6.10 Å². The summed E-state index contributed by atoms with van der Waals surface area (Å²) < 4.78 is 6.50. The lowest BCUT2D eigenvalue weighted by Gasteiger charge is -2.11. The molecule has 0 aliphatic rings. The number of aliphatic hydroxyl groups excluding tert-OH is 1. The topological polar surface area (TPSA) is 67.3 Å². The van der Waals surface area contributed by atoms with Crippen molar-refractivity contribution in [2.45, 2.75) is 10.4 Å². The number of hydrogen-bond donors (Lipinski definition) is 2. The van der Waals surface area contributed by atoms with E-state index in [2.05, 4.69) is 34.2 Å². The Kier molecular flexibility index (Phi) is 7.27. The summed E-state index contributed by atoms with van der Waals surface area (Å²) in [5, 5.41) is 22.1. The molecule has 27 heavy (non-hydrogen) atoms. The Bertz CT molecular complexity index is 838. The molecule has 5 nitrogen and oxygen atoms in total. The van der Waals surface area contributed by atoms with Gasteiger partial charge in [0.2, 0.25) is 5.13 Å². The average molecular weight is 400 g/mol. The molecular weight excluding hydrogens is 378 g/mol. The number of aliphatic hydroxyl groups is 1. The maximum absolute atomic E-state index is 10.1. The van der Waals surface area contributed by atoms with Crippen molar-refractivity contribution in [2.24, 2.45) is 0 Å². The van der Waals surface area contributed by atoms with Gasteiger partial charge in [-0.25, -0.2) is 0 Å². The Hall–Kier alpha value is -2.35. The van der Waals surface area contributed by atoms with Crippen molar-refractivity contribution in [1.82, 2.24) is 10.2 Å². The molecule has 0 bridgehead atoms. The van der Waals surface area contributed by atoms with Gasteiger partial charge in [0.1, 0.15) is 12.4 Å². The summed E-state index contributed by atoms with van der Waals surface area (Å²) in [5.41, 5.74) is 2.30. The number of ether oxygens (including phenoxy) is 1. The van der Waals surface area contributed by atoms with Crippen LogP contribution in [0.3, 0.4) is 0 Å². The van der Waals surface area contributed by atoms with Gasteiger partial charge in [0, 0.05) is 12.3 Å². The molecule has 0 fully saturated rings. The summed E-state index contributed by atoms with van der Waals surface area (Å²) in [6, 6.07) is 18.1. The van der Waals surface area contributed by atoms with Crippen molar-refractivity contribution in [2.75, 3.05) is 24.2 Å². The minimum Gasteiger partial charge on any atom is -0.491 e. The molecule has 1 aromatic heterocycles. The predicted molar refractivity (Wildman–Crippen MR) is 113 cm³/mol. The molecule has 2 aromatic carbocycles. The minimum absolute atomic E-state index is 0.234. The zero-order chi connectivity index (χ0) is 18.9. The smallest absolute Gasteiger partial charge is 0.206 e. The molecule has 3 aromatic rings. The largest absolute Gasteiger partial charge is 0.491 e. The molecule has 7 heteroatoms. The van der Waals surface area contributed by atoms with Crippen LogP contribution in [0.2, 0.25) is 0 Å². The van der Waals surface area contributed by atoms with Crippen LogP contribution in [0.1, 0.15) is 0 Å². The van der Waals surface area contributed by atoms with Crippen molar-refractivity contribution in [3.05, 3.63) is 67.3 Å². The first-order chi connectivity index (χ1) is 13.2. The number of nitrogens with one attached hydrogen (secondary N) is 1. The lowest BCUT2D eigenvalue weighted by atomic mass is 10.1. The molecule has 140 valence electrons. The van der Waals surface area contributed by atoms with Gasteiger partial charge in [-0.15, -0.1) is 16.8 Å². The summed E-state index contributed by atoms with van der Waals surface area (Å²) in [6.45, 7) is 4.54. The highest BCUT2D eigenvalue weighted by Gasteiger charge is 2.10. The normalized spacial score (nSPS) is 11.7. The van der Waals surface area contributed by atoms with Crippen molar-refractivity contribution in [3.8, 4) is 16.9 Å². The Morgan fingerprint density at radius 1 is 1.11 bits per heavy atom. The SMILES string of the molecule is C=CCNc1nnc(SCC(O)COc2ccc(-c3ccccc3)cc2)s1. The summed E-state index contributed by atoms with van der Waals surface area (Å²) in [4.78, 5) is 0. The van der Waals surface area contributed by atoms with Crippen molar-refractivity contribution < 1.29 is 9.84 Å². The second-order valence-electron chi connectivity index (χ2n) is 5.71. The number of hydrogen-bond acceptors (Lipinski definition) is 7. The van der Waals surface area contributed by atoms with Crippen LogP contribution in [0.5, 0.6) is 5.75 Å². The molecule has 0 saturated heterocycles. The van der Waals surface area contributed by atoms with Crippen LogP contribution in [0.4, 0.5) is 5.13 Å². The van der Waals surface area contributed by atoms with Gasteiger partial charge in [-0.3, -0.25) is 0 Å². The molecule has 2 N–H and O–H groups in total. The minimum atomic E-state index is -0.586. The van der Waals surface area contributed by atoms with E-state index in [1.807, 2.05) is 42.5 Å². The molecule has 0 aliphatic heterocycles. The van der Waals surface area contributed by atoms with Crippen LogP contribution in [0, 0.1) is 0 Å². The quantitative estimate of drug-likeness (QED) is 0.391. The van der Waals surface area contributed by atoms with E-state index >= 15 is 0 Å². The highest BCUT2D eigenvalue weighted by molar-refractivity contribution is 8.01. The van der Waals surface area contributed by atoms with E-state index in [0.717, 1.165) is 20.8 Å². The van der Waals surface area contributed by atoms with Gasteiger partial charge < -0.3 is 15.2 Å². The maximum atomic E-state index is 10.1. The maximum Gasteiger partial charge on any atom is 0.206 e. The number of benzene rings is 2. The highest BCUT2D eigenvalue weighted by atomic mass is 32.2. The number of rotatable bonds is 10. The lowest BCUT2D eigenvalue weighted by Crippen LogP contribution is -2.20. The molecule has 1 atom stereocenters. The van der Waals surface area contributed by atoms with E-state index in [9.17, 15) is 5.11 Å². The van der Waals surface area contributed by atoms with E-state index in [1.165, 1.54) is 28.7 Å². The molecule has 0 aliphatic carbocycles. The predicted octanol–water partition coefficient (Wildman–Crippen LogP) is 4.34. The number of aromatic nitrogens is 2. The molecule has 3 rings (SSSR count). The van der Waals surface area contributed by atoms with Crippen LogP contribution in [0.15, 0.2) is 71.6 Å². The molecule has 1 heterocycles. The fraction of sp³-hybridized carbons (Fsp3) is 0.200. The van der Waals surface area contributed by atoms with E-state index < -0.39 is 6.10 Å². The third-order valence-corrected chi connectivity index (χ3v) is 5.77. The fourth-order valence-electron chi connectivity index (χ4n) is 2.28. The standard InChI is InChI=1S/C20H21N3O2S2/c1-2-12-21-19-22-23-20(27-19)26-14-17(24)13-25-18-10-8-16(9-11-18)15-6-4-3-5-7-15/h2-11,17,24H,1,12-14H2,(H,21,22). The third kappa shape index (κ3) is 6.09. The second-order valence-corrected chi connectivity index (χ2v) is 7.95. The first-order valence-electron chi connectivity index (χ1n) is 8.52. The van der Waals surface area contributed by atoms with Crippen molar-refractivity contribution in [1.29, 1.82) is 0 Å². The van der Waals surface area contributed by atoms with Crippen LogP contribution in [-0.2, 0) is 0 Å². The number of thioether (sulfide) groups is 1. The van der Waals surface area contributed by atoms with E-state index in [1.54, 1.807) is 6.08 Å². The summed E-state index contributed by atoms with van der Waals surface area (Å²) >= 11 is 2.93. The number of nitrogens with zero attached hydrogens (tertiary/aromatic N) is 2. The monoisotopic (exact) mass is 399 g/mol. The summed E-state index contributed by atoms with van der Waals surface area (Å²) in [5.74, 6) is 1.24. The summed E-state index contributed by atoms with van der Waals surface area (Å²) in [7, 11) is 0. The van der Waals surface area contributed by atoms with Gasteiger partial charge in [0.25, 0.3) is 0 Å². The second kappa shape index (κ2) is 10.1. The first kappa shape index (κ1) is 19.4. The summed E-state index contributed by atoms with van der Waals surface area (Å²) in [6.07, 6.45) is 1.18. The zero-order valence-electron chi connectivity index (χ0n) is 14.7. The van der Waals surface area contributed by atoms with Gasteiger partial charge >= 0.3 is 0 Å². The third-order valence-electron chi connectivity index (χ3n) is 3.61. The molecule has 0 saturated carbocycles. The van der Waals surface area contributed by atoms with Gasteiger partial charge in [-0.1, -0.05) is 71.6 Å². The Morgan fingerprint density at radius 2 is 1.85 bits per heavy atom. The van der Waals surface area contributed by atoms with Crippen LogP contribution < -0.4 is 10.1 Å². The van der Waals surface area contributed by atoms with Gasteiger partial charge in [-0.05, 0) is 23.3 Å². The van der Waals surface area contributed by atoms with Gasteiger partial charge in [-0.2, -0.15) is 0 Å². The van der Waals surface area contributed by atoms with Gasteiger partial charge in [0.15, 0.2) is 4.34 Å².